The van der Waals surface area contributed by atoms with Crippen LogP contribution in [0.4, 0.5) is 0 Å². The van der Waals surface area contributed by atoms with E-state index < -0.39 is 0 Å². The van der Waals surface area contributed by atoms with Gasteiger partial charge in [0.2, 0.25) is 0 Å². The van der Waals surface area contributed by atoms with Gasteiger partial charge in [0.15, 0.2) is 0 Å². The number of aryl methyl sites for hydroxylation is 1. The molecule has 0 amide bonds. The van der Waals surface area contributed by atoms with E-state index in [-0.39, 0.29) is 6.10 Å². The maximum Gasteiger partial charge on any atom is 0.0807 e. The Hall–Kier alpha value is -0.760. The smallest absolute Gasteiger partial charge is 0.0807 e. The standard InChI is InChI=1S/C17H27NO/c1-12-11-15-16(9-6-10-17(15)19)18(12)13(2)14-7-4-3-5-8-14/h11,13-14,17,19H,3-10H2,1-2H3. The summed E-state index contributed by atoms with van der Waals surface area (Å²) >= 11 is 0. The predicted molar refractivity (Wildman–Crippen MR) is 78.4 cm³/mol. The topological polar surface area (TPSA) is 25.2 Å². The van der Waals surface area contributed by atoms with Gasteiger partial charge in [0, 0.05) is 23.0 Å². The quantitative estimate of drug-likeness (QED) is 0.843. The van der Waals surface area contributed by atoms with Gasteiger partial charge in [-0.15, -0.1) is 0 Å². The summed E-state index contributed by atoms with van der Waals surface area (Å²) in [6.07, 6.45) is 10.00. The highest BCUT2D eigenvalue weighted by molar-refractivity contribution is 5.32. The summed E-state index contributed by atoms with van der Waals surface area (Å²) in [5.74, 6) is 0.836. The van der Waals surface area contributed by atoms with Crippen LogP contribution in [0, 0.1) is 12.8 Å². The van der Waals surface area contributed by atoms with Crippen LogP contribution < -0.4 is 0 Å². The predicted octanol–water partition coefficient (Wildman–Crippen LogP) is 4.31. The maximum absolute atomic E-state index is 10.2. The molecule has 1 fully saturated rings. The normalized spacial score (nSPS) is 26.2. The molecule has 1 N–H and O–H groups in total. The van der Waals surface area contributed by atoms with Crippen LogP contribution in [0.5, 0.6) is 0 Å². The molecule has 0 spiro atoms. The molecule has 0 aromatic carbocycles. The fraction of sp³-hybridized carbons (Fsp3) is 0.765. The number of nitrogens with zero attached hydrogens (tertiary/aromatic N) is 1. The SMILES string of the molecule is Cc1cc2c(n1C(C)C1CCCCC1)CCCC2O. The van der Waals surface area contributed by atoms with Crippen molar-refractivity contribution in [2.24, 2.45) is 5.92 Å². The second-order valence-corrected chi connectivity index (χ2v) is 6.60. The lowest BCUT2D eigenvalue weighted by molar-refractivity contribution is 0.154. The summed E-state index contributed by atoms with van der Waals surface area (Å²) in [6, 6.07) is 2.84. The molecule has 3 rings (SSSR count). The molecule has 1 heterocycles. The maximum atomic E-state index is 10.2. The number of aliphatic hydroxyl groups is 1. The van der Waals surface area contributed by atoms with Crippen LogP contribution in [0.3, 0.4) is 0 Å². The van der Waals surface area contributed by atoms with Crippen molar-refractivity contribution in [3.8, 4) is 0 Å². The Balaban J connectivity index is 1.91. The lowest BCUT2D eigenvalue weighted by Crippen LogP contribution is -2.23. The van der Waals surface area contributed by atoms with E-state index in [0.29, 0.717) is 6.04 Å². The largest absolute Gasteiger partial charge is 0.388 e. The molecule has 1 aromatic rings. The Morgan fingerprint density at radius 1 is 1.16 bits per heavy atom. The minimum absolute atomic E-state index is 0.220. The van der Waals surface area contributed by atoms with E-state index in [9.17, 15) is 5.11 Å². The molecule has 2 atom stereocenters. The molecular formula is C17H27NO. The van der Waals surface area contributed by atoms with Crippen molar-refractivity contribution >= 4 is 0 Å². The molecule has 2 unspecified atom stereocenters. The van der Waals surface area contributed by atoms with Gasteiger partial charge >= 0.3 is 0 Å². The number of hydrogen-bond acceptors (Lipinski definition) is 1. The van der Waals surface area contributed by atoms with Crippen molar-refractivity contribution in [3.05, 3.63) is 23.0 Å². The summed E-state index contributed by atoms with van der Waals surface area (Å²) in [6.45, 7) is 4.61. The number of aliphatic hydroxyl groups excluding tert-OH is 1. The van der Waals surface area contributed by atoms with Crippen molar-refractivity contribution in [2.45, 2.75) is 77.4 Å². The van der Waals surface area contributed by atoms with Gasteiger partial charge in [-0.25, -0.2) is 0 Å². The van der Waals surface area contributed by atoms with E-state index in [1.165, 1.54) is 49.1 Å². The molecule has 0 aliphatic heterocycles. The Kier molecular flexibility index (Phi) is 3.70. The zero-order chi connectivity index (χ0) is 13.4. The first kappa shape index (κ1) is 13.2. The molecule has 0 saturated heterocycles. The van der Waals surface area contributed by atoms with Crippen LogP contribution in [-0.4, -0.2) is 9.67 Å². The second kappa shape index (κ2) is 5.32. The molecule has 106 valence electrons. The summed E-state index contributed by atoms with van der Waals surface area (Å²) in [4.78, 5) is 0. The first-order chi connectivity index (χ1) is 9.18. The third kappa shape index (κ3) is 2.35. The Morgan fingerprint density at radius 3 is 2.63 bits per heavy atom. The van der Waals surface area contributed by atoms with Gasteiger partial charge in [-0.05, 0) is 57.9 Å². The second-order valence-electron chi connectivity index (χ2n) is 6.60. The van der Waals surface area contributed by atoms with Gasteiger partial charge in [-0.1, -0.05) is 19.3 Å². The van der Waals surface area contributed by atoms with Crippen LogP contribution in [0.25, 0.3) is 0 Å². The zero-order valence-corrected chi connectivity index (χ0v) is 12.4. The minimum atomic E-state index is -0.220. The van der Waals surface area contributed by atoms with Gasteiger partial charge in [0.25, 0.3) is 0 Å². The third-order valence-corrected chi connectivity index (χ3v) is 5.36. The van der Waals surface area contributed by atoms with Crippen LogP contribution in [0.15, 0.2) is 6.07 Å². The summed E-state index contributed by atoms with van der Waals surface area (Å²) in [5.41, 5.74) is 3.99. The average molecular weight is 261 g/mol. The fourth-order valence-electron chi connectivity index (χ4n) is 4.30. The van der Waals surface area contributed by atoms with Gasteiger partial charge < -0.3 is 9.67 Å². The van der Waals surface area contributed by atoms with Crippen molar-refractivity contribution in [3.63, 3.8) is 0 Å². The van der Waals surface area contributed by atoms with Crippen LogP contribution in [-0.2, 0) is 6.42 Å². The van der Waals surface area contributed by atoms with Crippen LogP contribution in [0.2, 0.25) is 0 Å². The molecule has 2 heteroatoms. The van der Waals surface area contributed by atoms with E-state index in [1.807, 2.05) is 0 Å². The zero-order valence-electron chi connectivity index (χ0n) is 12.4. The van der Waals surface area contributed by atoms with E-state index >= 15 is 0 Å². The molecule has 1 aromatic heterocycles. The van der Waals surface area contributed by atoms with E-state index in [0.717, 1.165) is 25.2 Å². The Labute approximate surface area is 116 Å². The Morgan fingerprint density at radius 2 is 1.89 bits per heavy atom. The molecule has 2 aliphatic carbocycles. The monoisotopic (exact) mass is 261 g/mol. The van der Waals surface area contributed by atoms with Crippen LogP contribution >= 0.6 is 0 Å². The van der Waals surface area contributed by atoms with E-state index in [4.69, 9.17) is 0 Å². The molecule has 0 radical (unpaired) electrons. The summed E-state index contributed by atoms with van der Waals surface area (Å²) in [7, 11) is 0. The summed E-state index contributed by atoms with van der Waals surface area (Å²) in [5, 5.41) is 10.2. The Bertz CT molecular complexity index is 442. The van der Waals surface area contributed by atoms with Gasteiger partial charge in [0.05, 0.1) is 6.10 Å². The first-order valence-electron chi connectivity index (χ1n) is 8.07. The van der Waals surface area contributed by atoms with Gasteiger partial charge in [0.1, 0.15) is 0 Å². The highest BCUT2D eigenvalue weighted by Gasteiger charge is 2.28. The van der Waals surface area contributed by atoms with Crippen molar-refractivity contribution in [2.75, 3.05) is 0 Å². The van der Waals surface area contributed by atoms with Gasteiger partial charge in [-0.3, -0.25) is 0 Å². The number of rotatable bonds is 2. The van der Waals surface area contributed by atoms with Crippen LogP contribution in [0.1, 0.15) is 81.0 Å². The molecule has 2 nitrogen and oxygen atoms in total. The molecule has 19 heavy (non-hydrogen) atoms. The molecule has 2 aliphatic rings. The molecule has 1 saturated carbocycles. The van der Waals surface area contributed by atoms with E-state index in [1.54, 1.807) is 0 Å². The van der Waals surface area contributed by atoms with Gasteiger partial charge in [-0.2, -0.15) is 0 Å². The van der Waals surface area contributed by atoms with Crippen molar-refractivity contribution < 1.29 is 5.11 Å². The van der Waals surface area contributed by atoms with Crippen molar-refractivity contribution in [1.82, 2.24) is 4.57 Å². The third-order valence-electron chi connectivity index (χ3n) is 5.36. The average Bonchev–Trinajstić information content (AvgIpc) is 2.77. The lowest BCUT2D eigenvalue weighted by Gasteiger charge is -2.32. The first-order valence-corrected chi connectivity index (χ1v) is 8.07. The number of aromatic nitrogens is 1. The number of hydrogen-bond donors (Lipinski definition) is 1. The lowest BCUT2D eigenvalue weighted by atomic mass is 9.84. The van der Waals surface area contributed by atoms with Crippen molar-refractivity contribution in [1.29, 1.82) is 0 Å². The summed E-state index contributed by atoms with van der Waals surface area (Å²) < 4.78 is 2.55. The minimum Gasteiger partial charge on any atom is -0.388 e. The molecular weight excluding hydrogens is 234 g/mol. The highest BCUT2D eigenvalue weighted by Crippen LogP contribution is 2.39. The highest BCUT2D eigenvalue weighted by atomic mass is 16.3. The molecule has 0 bridgehead atoms. The van der Waals surface area contributed by atoms with E-state index in [2.05, 4.69) is 24.5 Å². The fourth-order valence-corrected chi connectivity index (χ4v) is 4.30. The number of fused-ring (bicyclic) bond motifs is 1.